The predicted octanol–water partition coefficient (Wildman–Crippen LogP) is 11.6. The van der Waals surface area contributed by atoms with Crippen molar-refractivity contribution < 1.29 is 0 Å². The maximum absolute atomic E-state index is 2.54. The molecule has 0 saturated heterocycles. The Hall–Kier alpha value is -5.40. The van der Waals surface area contributed by atoms with Gasteiger partial charge in [-0.1, -0.05) is 141 Å². The van der Waals surface area contributed by atoms with E-state index in [-0.39, 0.29) is 5.41 Å². The zero-order chi connectivity index (χ0) is 29.4. The highest BCUT2D eigenvalue weighted by Crippen LogP contribution is 2.55. The Morgan fingerprint density at radius 3 is 1.80 bits per heavy atom. The lowest BCUT2D eigenvalue weighted by atomic mass is 9.81. The molecule has 0 saturated carbocycles. The average molecular weight is 562 g/mol. The molecule has 0 bridgehead atoms. The van der Waals surface area contributed by atoms with Crippen molar-refractivity contribution in [3.63, 3.8) is 0 Å². The number of hydrogen-bond donors (Lipinski definition) is 0. The van der Waals surface area contributed by atoms with Gasteiger partial charge in [0.15, 0.2) is 0 Å². The third-order valence-electron chi connectivity index (χ3n) is 9.72. The second kappa shape index (κ2) is 9.30. The second-order valence-corrected chi connectivity index (χ2v) is 12.6. The molecule has 208 valence electrons. The van der Waals surface area contributed by atoms with Crippen LogP contribution >= 0.6 is 0 Å². The molecule has 0 atom stereocenters. The second-order valence-electron chi connectivity index (χ2n) is 12.6. The van der Waals surface area contributed by atoms with Crippen molar-refractivity contribution in [2.24, 2.45) is 0 Å². The van der Waals surface area contributed by atoms with Gasteiger partial charge in [0, 0.05) is 21.9 Å². The minimum atomic E-state index is -0.167. The fourth-order valence-electron chi connectivity index (χ4n) is 7.72. The fraction of sp³-hybridized carbons (Fsp3) is 0.0698. The molecule has 0 fully saturated rings. The maximum atomic E-state index is 2.54. The smallest absolute Gasteiger partial charge is 0.0588 e. The largest absolute Gasteiger partial charge is 0.309 e. The van der Waals surface area contributed by atoms with E-state index in [2.05, 4.69) is 170 Å². The summed E-state index contributed by atoms with van der Waals surface area (Å²) in [6.07, 6.45) is 0. The van der Waals surface area contributed by atoms with Crippen molar-refractivity contribution in [3.05, 3.63) is 163 Å². The van der Waals surface area contributed by atoms with Gasteiger partial charge in [-0.05, 0) is 79.5 Å². The van der Waals surface area contributed by atoms with Crippen LogP contribution in [0.2, 0.25) is 0 Å². The lowest BCUT2D eigenvalue weighted by Gasteiger charge is -2.24. The average Bonchev–Trinajstić information content (AvgIpc) is 3.54. The van der Waals surface area contributed by atoms with Crippen LogP contribution in [-0.2, 0) is 5.41 Å². The van der Waals surface area contributed by atoms with E-state index < -0.39 is 0 Å². The monoisotopic (exact) mass is 561 g/mol. The number of benzene rings is 7. The number of nitrogens with zero attached hydrogens (tertiary/aromatic N) is 1. The van der Waals surface area contributed by atoms with Crippen LogP contribution in [-0.4, -0.2) is 4.57 Å². The first-order chi connectivity index (χ1) is 21.6. The summed E-state index contributed by atoms with van der Waals surface area (Å²) in [5, 5.41) is 5.21. The summed E-state index contributed by atoms with van der Waals surface area (Å²) in [7, 11) is 0. The van der Waals surface area contributed by atoms with Crippen LogP contribution in [0, 0.1) is 0 Å². The first kappa shape index (κ1) is 25.1. The predicted molar refractivity (Wildman–Crippen MR) is 187 cm³/mol. The summed E-state index contributed by atoms with van der Waals surface area (Å²) >= 11 is 0. The molecule has 8 aromatic rings. The van der Waals surface area contributed by atoms with Gasteiger partial charge in [0.05, 0.1) is 11.0 Å². The molecule has 9 rings (SSSR count). The molecule has 0 amide bonds. The molecule has 1 aliphatic carbocycles. The van der Waals surface area contributed by atoms with E-state index in [0.717, 1.165) is 0 Å². The zero-order valence-corrected chi connectivity index (χ0v) is 24.9. The van der Waals surface area contributed by atoms with Crippen LogP contribution in [0.25, 0.3) is 71.6 Å². The Balaban J connectivity index is 1.42. The Kier molecular flexibility index (Phi) is 5.31. The molecular weight excluding hydrogens is 530 g/mol. The summed E-state index contributed by atoms with van der Waals surface area (Å²) in [4.78, 5) is 0. The molecule has 7 aromatic carbocycles. The topological polar surface area (TPSA) is 4.93 Å². The number of hydrogen-bond acceptors (Lipinski definition) is 0. The van der Waals surface area contributed by atoms with Crippen LogP contribution in [0.15, 0.2) is 152 Å². The zero-order valence-electron chi connectivity index (χ0n) is 24.9. The van der Waals surface area contributed by atoms with E-state index in [9.17, 15) is 0 Å². The van der Waals surface area contributed by atoms with E-state index in [1.54, 1.807) is 0 Å². The third kappa shape index (κ3) is 3.53. The molecule has 1 aliphatic rings. The SMILES string of the molecule is CC1(C)c2ccc3ccccc3c2-c2ccc3c4ccccc4n(-c4cc(-c5ccccc5)cc(-c5ccccc5)c4)c3c21. The van der Waals surface area contributed by atoms with Gasteiger partial charge in [0.1, 0.15) is 0 Å². The maximum Gasteiger partial charge on any atom is 0.0588 e. The summed E-state index contributed by atoms with van der Waals surface area (Å²) in [5.74, 6) is 0. The Morgan fingerprint density at radius 2 is 1.09 bits per heavy atom. The molecule has 0 N–H and O–H groups in total. The molecule has 1 heteroatoms. The van der Waals surface area contributed by atoms with Gasteiger partial charge >= 0.3 is 0 Å². The highest BCUT2D eigenvalue weighted by atomic mass is 15.0. The molecule has 1 aromatic heterocycles. The van der Waals surface area contributed by atoms with Crippen LogP contribution in [0.3, 0.4) is 0 Å². The Morgan fingerprint density at radius 1 is 0.477 bits per heavy atom. The van der Waals surface area contributed by atoms with Gasteiger partial charge < -0.3 is 4.57 Å². The van der Waals surface area contributed by atoms with Crippen molar-refractivity contribution >= 4 is 32.6 Å². The minimum absolute atomic E-state index is 0.167. The summed E-state index contributed by atoms with van der Waals surface area (Å²) < 4.78 is 2.54. The lowest BCUT2D eigenvalue weighted by Crippen LogP contribution is -2.16. The molecule has 0 aliphatic heterocycles. The van der Waals surface area contributed by atoms with Gasteiger partial charge in [-0.25, -0.2) is 0 Å². The number of para-hydroxylation sites is 1. The molecule has 44 heavy (non-hydrogen) atoms. The van der Waals surface area contributed by atoms with E-state index in [0.29, 0.717) is 0 Å². The number of fused-ring (bicyclic) bond motifs is 9. The van der Waals surface area contributed by atoms with Crippen molar-refractivity contribution in [3.8, 4) is 39.1 Å². The summed E-state index contributed by atoms with van der Waals surface area (Å²) in [5.41, 5.74) is 14.0. The lowest BCUT2D eigenvalue weighted by molar-refractivity contribution is 0.664. The first-order valence-electron chi connectivity index (χ1n) is 15.5. The van der Waals surface area contributed by atoms with Gasteiger partial charge in [0.2, 0.25) is 0 Å². The van der Waals surface area contributed by atoms with E-state index in [1.807, 2.05) is 0 Å². The molecule has 1 nitrogen and oxygen atoms in total. The van der Waals surface area contributed by atoms with Crippen LogP contribution in [0.5, 0.6) is 0 Å². The van der Waals surface area contributed by atoms with Crippen LogP contribution in [0.4, 0.5) is 0 Å². The molecule has 0 unspecified atom stereocenters. The normalized spacial score (nSPS) is 13.4. The highest BCUT2D eigenvalue weighted by Gasteiger charge is 2.39. The van der Waals surface area contributed by atoms with E-state index in [4.69, 9.17) is 0 Å². The van der Waals surface area contributed by atoms with Crippen LogP contribution < -0.4 is 0 Å². The van der Waals surface area contributed by atoms with E-state index in [1.165, 1.54) is 82.8 Å². The van der Waals surface area contributed by atoms with Crippen molar-refractivity contribution in [1.82, 2.24) is 4.57 Å². The van der Waals surface area contributed by atoms with Crippen molar-refractivity contribution in [2.45, 2.75) is 19.3 Å². The molecular formula is C43H31N. The molecule has 0 spiro atoms. The Bertz CT molecular complexity index is 2330. The molecule has 1 heterocycles. The first-order valence-corrected chi connectivity index (χ1v) is 15.5. The summed E-state index contributed by atoms with van der Waals surface area (Å²) in [6.45, 7) is 4.81. The third-order valence-corrected chi connectivity index (χ3v) is 9.72. The van der Waals surface area contributed by atoms with Gasteiger partial charge in [0.25, 0.3) is 0 Å². The van der Waals surface area contributed by atoms with Crippen molar-refractivity contribution in [2.75, 3.05) is 0 Å². The highest BCUT2D eigenvalue weighted by molar-refractivity contribution is 6.15. The fourth-order valence-corrected chi connectivity index (χ4v) is 7.72. The number of rotatable bonds is 3. The van der Waals surface area contributed by atoms with Crippen molar-refractivity contribution in [1.29, 1.82) is 0 Å². The Labute approximate surface area is 257 Å². The number of aromatic nitrogens is 1. The van der Waals surface area contributed by atoms with Gasteiger partial charge in [-0.3, -0.25) is 0 Å². The van der Waals surface area contributed by atoms with Gasteiger partial charge in [-0.15, -0.1) is 0 Å². The molecule has 0 radical (unpaired) electrons. The standard InChI is InChI=1S/C43H31N/c1-43(2)38-24-21-30-17-9-10-18-34(30)40(38)37-23-22-36-35-19-11-12-20-39(35)44(42(36)41(37)43)33-26-31(28-13-5-3-6-14-28)25-32(27-33)29-15-7-4-8-16-29/h3-27H,1-2H3. The van der Waals surface area contributed by atoms with Gasteiger partial charge in [-0.2, -0.15) is 0 Å². The summed E-state index contributed by atoms with van der Waals surface area (Å²) in [6, 6.07) is 55.7. The minimum Gasteiger partial charge on any atom is -0.309 e. The quantitative estimate of drug-likeness (QED) is 0.202. The van der Waals surface area contributed by atoms with Crippen LogP contribution in [0.1, 0.15) is 25.0 Å². The van der Waals surface area contributed by atoms with E-state index >= 15 is 0 Å².